The molecule has 1 aromatic rings. The Morgan fingerprint density at radius 1 is 1.45 bits per heavy atom. The monoisotopic (exact) mass is 280 g/mol. The molecular weight excluding hydrogens is 263 g/mol. The molecule has 108 valence electrons. The first-order valence-electron chi connectivity index (χ1n) is 6.52. The van der Waals surface area contributed by atoms with Crippen LogP contribution in [0, 0.1) is 11.7 Å². The van der Waals surface area contributed by atoms with Crippen molar-refractivity contribution < 1.29 is 19.1 Å². The highest BCUT2D eigenvalue weighted by atomic mass is 19.1. The van der Waals surface area contributed by atoms with Crippen LogP contribution in [0.15, 0.2) is 18.2 Å². The van der Waals surface area contributed by atoms with Gasteiger partial charge in [-0.2, -0.15) is 0 Å². The van der Waals surface area contributed by atoms with Crippen LogP contribution in [0.25, 0.3) is 0 Å². The summed E-state index contributed by atoms with van der Waals surface area (Å²) in [7, 11) is 1.56. The number of nitrogens with one attached hydrogen (secondary N) is 1. The first-order valence-corrected chi connectivity index (χ1v) is 6.52. The quantitative estimate of drug-likeness (QED) is 0.853. The van der Waals surface area contributed by atoms with Gasteiger partial charge in [0.2, 0.25) is 5.91 Å². The molecule has 0 unspecified atom stereocenters. The van der Waals surface area contributed by atoms with Crippen LogP contribution in [-0.4, -0.2) is 42.0 Å². The minimum Gasteiger partial charge on any atom is -0.508 e. The second-order valence-corrected chi connectivity index (χ2v) is 4.87. The number of aromatic hydroxyl groups is 1. The third kappa shape index (κ3) is 2.89. The Morgan fingerprint density at radius 2 is 2.20 bits per heavy atom. The number of carbonyl (C=O) groups excluding carboxylic acids is 2. The average molecular weight is 280 g/mol. The second-order valence-electron chi connectivity index (χ2n) is 4.87. The molecule has 0 aromatic heterocycles. The number of halogens is 1. The van der Waals surface area contributed by atoms with Gasteiger partial charge in [0.25, 0.3) is 5.91 Å². The largest absolute Gasteiger partial charge is 0.508 e. The van der Waals surface area contributed by atoms with E-state index >= 15 is 0 Å². The standard InChI is InChI=1S/C14H17FN2O3/c1-16-13(19)9-3-2-6-17(8-9)14(20)11-5-4-10(18)7-12(11)15/h4-5,7,9,18H,2-3,6,8H2,1H3,(H,16,19)/t9-/m1/s1. The molecule has 1 fully saturated rings. The van der Waals surface area contributed by atoms with E-state index in [1.165, 1.54) is 17.0 Å². The number of amides is 2. The number of piperidine rings is 1. The molecule has 2 N–H and O–H groups in total. The van der Waals surface area contributed by atoms with Crippen molar-refractivity contribution in [2.24, 2.45) is 5.92 Å². The molecule has 0 aliphatic carbocycles. The summed E-state index contributed by atoms with van der Waals surface area (Å²) < 4.78 is 13.7. The summed E-state index contributed by atoms with van der Waals surface area (Å²) in [4.78, 5) is 25.4. The Bertz CT molecular complexity index is 533. The van der Waals surface area contributed by atoms with E-state index in [-0.39, 0.29) is 23.1 Å². The van der Waals surface area contributed by atoms with Crippen LogP contribution in [-0.2, 0) is 4.79 Å². The van der Waals surface area contributed by atoms with E-state index in [9.17, 15) is 14.0 Å². The number of hydrogen-bond acceptors (Lipinski definition) is 3. The van der Waals surface area contributed by atoms with Crippen LogP contribution < -0.4 is 5.32 Å². The smallest absolute Gasteiger partial charge is 0.256 e. The lowest BCUT2D eigenvalue weighted by atomic mass is 9.96. The number of likely N-dealkylation sites (tertiary alicyclic amines) is 1. The highest BCUT2D eigenvalue weighted by Crippen LogP contribution is 2.21. The number of rotatable bonds is 2. The van der Waals surface area contributed by atoms with Gasteiger partial charge >= 0.3 is 0 Å². The zero-order valence-corrected chi connectivity index (χ0v) is 11.2. The maximum atomic E-state index is 13.7. The summed E-state index contributed by atoms with van der Waals surface area (Å²) in [6.45, 7) is 0.797. The van der Waals surface area contributed by atoms with Crippen LogP contribution in [0.5, 0.6) is 5.75 Å². The fraction of sp³-hybridized carbons (Fsp3) is 0.429. The van der Waals surface area contributed by atoms with Crippen molar-refractivity contribution in [1.29, 1.82) is 0 Å². The molecule has 6 heteroatoms. The first kappa shape index (κ1) is 14.3. The predicted molar refractivity (Wildman–Crippen MR) is 70.8 cm³/mol. The predicted octanol–water partition coefficient (Wildman–Crippen LogP) is 1.13. The normalized spacial score (nSPS) is 18.7. The molecule has 1 aliphatic heterocycles. The summed E-state index contributed by atoms with van der Waals surface area (Å²) in [5.74, 6) is -1.78. The van der Waals surface area contributed by atoms with Crippen LogP contribution >= 0.6 is 0 Å². The van der Waals surface area contributed by atoms with Gasteiger partial charge in [0.15, 0.2) is 0 Å². The van der Waals surface area contributed by atoms with Crippen LogP contribution in [0.1, 0.15) is 23.2 Å². The average Bonchev–Trinajstić information content (AvgIpc) is 2.46. The number of phenols is 1. The summed E-state index contributed by atoms with van der Waals surface area (Å²) in [6, 6.07) is 3.44. The Hall–Kier alpha value is -2.11. The molecule has 1 aliphatic rings. The zero-order chi connectivity index (χ0) is 14.7. The minimum atomic E-state index is -0.753. The third-order valence-electron chi connectivity index (χ3n) is 3.51. The number of carbonyl (C=O) groups is 2. The second kappa shape index (κ2) is 5.90. The molecule has 2 amide bonds. The van der Waals surface area contributed by atoms with Gasteiger partial charge in [-0.25, -0.2) is 4.39 Å². The van der Waals surface area contributed by atoms with Gasteiger partial charge in [0, 0.05) is 26.2 Å². The lowest BCUT2D eigenvalue weighted by Crippen LogP contribution is -2.45. The Morgan fingerprint density at radius 3 is 2.85 bits per heavy atom. The van der Waals surface area contributed by atoms with Gasteiger partial charge in [0.05, 0.1) is 11.5 Å². The number of nitrogens with zero attached hydrogens (tertiary/aromatic N) is 1. The van der Waals surface area contributed by atoms with Gasteiger partial charge in [-0.3, -0.25) is 9.59 Å². The minimum absolute atomic E-state index is 0.0830. The molecule has 0 saturated carbocycles. The molecule has 2 rings (SSSR count). The topological polar surface area (TPSA) is 69.6 Å². The molecular formula is C14H17FN2O3. The van der Waals surface area contributed by atoms with Crippen molar-refractivity contribution in [3.05, 3.63) is 29.6 Å². The summed E-state index contributed by atoms with van der Waals surface area (Å²) >= 11 is 0. The van der Waals surface area contributed by atoms with Crippen LogP contribution in [0.4, 0.5) is 4.39 Å². The van der Waals surface area contributed by atoms with Gasteiger partial charge < -0.3 is 15.3 Å². The third-order valence-corrected chi connectivity index (χ3v) is 3.51. The van der Waals surface area contributed by atoms with E-state index in [2.05, 4.69) is 5.32 Å². The van der Waals surface area contributed by atoms with Gasteiger partial charge in [-0.1, -0.05) is 0 Å². The summed E-state index contributed by atoms with van der Waals surface area (Å²) in [5.41, 5.74) is -0.0830. The van der Waals surface area contributed by atoms with E-state index in [1.54, 1.807) is 7.05 Å². The lowest BCUT2D eigenvalue weighted by Gasteiger charge is -2.32. The number of hydrogen-bond donors (Lipinski definition) is 2. The number of benzene rings is 1. The SMILES string of the molecule is CNC(=O)[C@@H]1CCCN(C(=O)c2ccc(O)cc2F)C1. The van der Waals surface area contributed by atoms with Crippen molar-refractivity contribution >= 4 is 11.8 Å². The van der Waals surface area contributed by atoms with Crippen molar-refractivity contribution in [1.82, 2.24) is 10.2 Å². The fourth-order valence-electron chi connectivity index (χ4n) is 2.43. The summed E-state index contributed by atoms with van der Waals surface area (Å²) in [6.07, 6.45) is 1.44. The number of phenolic OH excluding ortho intramolecular Hbond substituents is 1. The highest BCUT2D eigenvalue weighted by Gasteiger charge is 2.29. The molecule has 0 spiro atoms. The summed E-state index contributed by atoms with van der Waals surface area (Å²) in [5, 5.41) is 11.7. The molecule has 20 heavy (non-hydrogen) atoms. The van der Waals surface area contributed by atoms with E-state index in [0.29, 0.717) is 19.5 Å². The molecule has 1 aromatic carbocycles. The maximum Gasteiger partial charge on any atom is 0.256 e. The zero-order valence-electron chi connectivity index (χ0n) is 11.2. The van der Waals surface area contributed by atoms with E-state index in [1.807, 2.05) is 0 Å². The Balaban J connectivity index is 2.14. The Labute approximate surface area is 116 Å². The molecule has 1 saturated heterocycles. The van der Waals surface area contributed by atoms with E-state index in [4.69, 9.17) is 5.11 Å². The van der Waals surface area contributed by atoms with Crippen molar-refractivity contribution in [3.63, 3.8) is 0 Å². The van der Waals surface area contributed by atoms with Crippen LogP contribution in [0.3, 0.4) is 0 Å². The lowest BCUT2D eigenvalue weighted by molar-refractivity contribution is -0.125. The van der Waals surface area contributed by atoms with Gasteiger partial charge in [0.1, 0.15) is 11.6 Å². The van der Waals surface area contributed by atoms with Crippen molar-refractivity contribution in [2.75, 3.05) is 20.1 Å². The molecule has 1 atom stereocenters. The van der Waals surface area contributed by atoms with Crippen molar-refractivity contribution in [3.8, 4) is 5.75 Å². The van der Waals surface area contributed by atoms with Crippen molar-refractivity contribution in [2.45, 2.75) is 12.8 Å². The molecule has 0 bridgehead atoms. The fourth-order valence-corrected chi connectivity index (χ4v) is 2.43. The molecule has 1 heterocycles. The maximum absolute atomic E-state index is 13.7. The molecule has 0 radical (unpaired) electrons. The van der Waals surface area contributed by atoms with E-state index < -0.39 is 11.7 Å². The van der Waals surface area contributed by atoms with Gasteiger partial charge in [-0.15, -0.1) is 0 Å². The Kier molecular flexibility index (Phi) is 4.22. The molecule has 5 nitrogen and oxygen atoms in total. The van der Waals surface area contributed by atoms with Crippen LogP contribution in [0.2, 0.25) is 0 Å². The van der Waals surface area contributed by atoms with E-state index in [0.717, 1.165) is 12.5 Å². The highest BCUT2D eigenvalue weighted by molar-refractivity contribution is 5.95. The first-order chi connectivity index (χ1) is 9.52. The van der Waals surface area contributed by atoms with Gasteiger partial charge in [-0.05, 0) is 25.0 Å².